The summed E-state index contributed by atoms with van der Waals surface area (Å²) < 4.78 is 41.0. The van der Waals surface area contributed by atoms with Gasteiger partial charge in [-0.1, -0.05) is 25.3 Å². The van der Waals surface area contributed by atoms with Crippen LogP contribution in [0, 0.1) is 0 Å². The van der Waals surface area contributed by atoms with Crippen molar-refractivity contribution in [3.63, 3.8) is 0 Å². The van der Waals surface area contributed by atoms with E-state index in [0.29, 0.717) is 35.4 Å². The summed E-state index contributed by atoms with van der Waals surface area (Å²) in [5.74, 6) is 0.0122. The molecule has 34 heavy (non-hydrogen) atoms. The SMILES string of the molecule is COc1cccc(OC)c1C(=O)Nc1cc2c(cc1S(=O)(=O)C1CCCCC1)n(C)c(=O)n2C. The Morgan fingerprint density at radius 2 is 1.53 bits per heavy atom. The lowest BCUT2D eigenvalue weighted by Gasteiger charge is -2.23. The number of fused-ring (bicyclic) bond motifs is 1. The Morgan fingerprint density at radius 3 is 2.09 bits per heavy atom. The molecule has 1 aromatic heterocycles. The normalized spacial score (nSPS) is 14.8. The van der Waals surface area contributed by atoms with Crippen molar-refractivity contribution in [2.75, 3.05) is 19.5 Å². The van der Waals surface area contributed by atoms with Crippen molar-refractivity contribution < 1.29 is 22.7 Å². The molecule has 0 aliphatic heterocycles. The van der Waals surface area contributed by atoms with Crippen LogP contribution < -0.4 is 20.5 Å². The number of aryl methyl sites for hydroxylation is 2. The number of anilines is 1. The zero-order valence-corrected chi connectivity index (χ0v) is 20.6. The molecule has 0 unspecified atom stereocenters. The first-order chi connectivity index (χ1) is 16.2. The highest BCUT2D eigenvalue weighted by molar-refractivity contribution is 7.92. The number of hydrogen-bond acceptors (Lipinski definition) is 6. The van der Waals surface area contributed by atoms with Gasteiger partial charge < -0.3 is 14.8 Å². The first-order valence-corrected chi connectivity index (χ1v) is 12.7. The smallest absolute Gasteiger partial charge is 0.328 e. The molecule has 0 bridgehead atoms. The molecule has 10 heteroatoms. The molecule has 9 nitrogen and oxygen atoms in total. The van der Waals surface area contributed by atoms with E-state index in [1.807, 2.05) is 0 Å². The van der Waals surface area contributed by atoms with Crippen LogP contribution in [0.4, 0.5) is 5.69 Å². The Morgan fingerprint density at radius 1 is 0.971 bits per heavy atom. The van der Waals surface area contributed by atoms with E-state index in [-0.39, 0.29) is 21.8 Å². The molecule has 4 rings (SSSR count). The second-order valence-electron chi connectivity index (χ2n) is 8.53. The van der Waals surface area contributed by atoms with Crippen LogP contribution in [0.1, 0.15) is 42.5 Å². The van der Waals surface area contributed by atoms with Crippen molar-refractivity contribution in [1.29, 1.82) is 0 Å². The molecular weight excluding hydrogens is 458 g/mol. The first kappa shape index (κ1) is 23.9. The second-order valence-corrected chi connectivity index (χ2v) is 10.7. The number of sulfone groups is 1. The maximum atomic E-state index is 13.7. The quantitative estimate of drug-likeness (QED) is 0.572. The minimum absolute atomic E-state index is 0.00955. The fraction of sp³-hybridized carbons (Fsp3) is 0.417. The summed E-state index contributed by atoms with van der Waals surface area (Å²) in [6, 6.07) is 7.99. The predicted octanol–water partition coefficient (Wildman–Crippen LogP) is 3.25. The molecule has 1 heterocycles. The largest absolute Gasteiger partial charge is 0.496 e. The molecule has 0 radical (unpaired) electrons. The average Bonchev–Trinajstić information content (AvgIpc) is 3.06. The van der Waals surface area contributed by atoms with Gasteiger partial charge in [0.1, 0.15) is 17.1 Å². The summed E-state index contributed by atoms with van der Waals surface area (Å²) in [6.45, 7) is 0. The summed E-state index contributed by atoms with van der Waals surface area (Å²) in [5, 5.41) is 2.24. The van der Waals surface area contributed by atoms with Gasteiger partial charge in [0, 0.05) is 14.1 Å². The highest BCUT2D eigenvalue weighted by Crippen LogP contribution is 2.36. The Hall–Kier alpha value is -3.27. The van der Waals surface area contributed by atoms with E-state index >= 15 is 0 Å². The minimum atomic E-state index is -3.77. The van der Waals surface area contributed by atoms with Gasteiger partial charge in [0.05, 0.1) is 41.1 Å². The second kappa shape index (κ2) is 9.17. The zero-order chi connectivity index (χ0) is 24.6. The van der Waals surface area contributed by atoms with Crippen molar-refractivity contribution in [1.82, 2.24) is 9.13 Å². The highest BCUT2D eigenvalue weighted by atomic mass is 32.2. The standard InChI is InChI=1S/C24H29N3O6S/c1-26-17-13-16(25-23(28)22-19(32-3)11-8-12-20(22)33-4)21(14-18(17)27(2)24(26)29)34(30,31)15-9-6-5-7-10-15/h8,11-15H,5-7,9-10H2,1-4H3,(H,25,28). The molecule has 1 N–H and O–H groups in total. The van der Waals surface area contributed by atoms with Crippen molar-refractivity contribution in [3.05, 3.63) is 46.4 Å². The van der Waals surface area contributed by atoms with Crippen molar-refractivity contribution in [2.45, 2.75) is 42.2 Å². The Balaban J connectivity index is 1.90. The maximum absolute atomic E-state index is 13.7. The molecule has 1 aliphatic carbocycles. The van der Waals surface area contributed by atoms with Crippen LogP contribution in [0.5, 0.6) is 11.5 Å². The molecule has 1 aliphatic rings. The van der Waals surface area contributed by atoms with E-state index in [0.717, 1.165) is 19.3 Å². The average molecular weight is 488 g/mol. The van der Waals surface area contributed by atoms with Crippen molar-refractivity contribution >= 4 is 32.5 Å². The monoisotopic (exact) mass is 487 g/mol. The van der Waals surface area contributed by atoms with Crippen LogP contribution in [0.15, 0.2) is 40.0 Å². The van der Waals surface area contributed by atoms with E-state index in [1.165, 1.54) is 29.4 Å². The summed E-state index contributed by atoms with van der Waals surface area (Å²) >= 11 is 0. The van der Waals surface area contributed by atoms with Gasteiger partial charge in [-0.15, -0.1) is 0 Å². The lowest BCUT2D eigenvalue weighted by molar-refractivity contribution is 0.102. The number of rotatable bonds is 6. The first-order valence-electron chi connectivity index (χ1n) is 11.2. The molecule has 1 amide bonds. The van der Waals surface area contributed by atoms with Gasteiger partial charge in [0.2, 0.25) is 0 Å². The molecule has 2 aromatic carbocycles. The van der Waals surface area contributed by atoms with Crippen LogP contribution in [0.2, 0.25) is 0 Å². The molecule has 0 spiro atoms. The highest BCUT2D eigenvalue weighted by Gasteiger charge is 2.33. The number of nitrogens with zero attached hydrogens (tertiary/aromatic N) is 2. The van der Waals surface area contributed by atoms with Crippen LogP contribution in [0.25, 0.3) is 11.0 Å². The molecular formula is C24H29N3O6S. The third kappa shape index (κ3) is 3.96. The summed E-state index contributed by atoms with van der Waals surface area (Å²) in [7, 11) is 2.32. The van der Waals surface area contributed by atoms with Crippen LogP contribution in [-0.2, 0) is 23.9 Å². The Bertz CT molecular complexity index is 1390. The maximum Gasteiger partial charge on any atom is 0.328 e. The van der Waals surface area contributed by atoms with E-state index in [9.17, 15) is 18.0 Å². The number of imidazole rings is 1. The fourth-order valence-electron chi connectivity index (χ4n) is 4.67. The number of amides is 1. The van der Waals surface area contributed by atoms with Gasteiger partial charge in [-0.2, -0.15) is 0 Å². The molecule has 1 fully saturated rings. The van der Waals surface area contributed by atoms with Gasteiger partial charge in [0.15, 0.2) is 9.84 Å². The van der Waals surface area contributed by atoms with Gasteiger partial charge >= 0.3 is 5.69 Å². The topological polar surface area (TPSA) is 109 Å². The summed E-state index contributed by atoms with van der Waals surface area (Å²) in [5.41, 5.74) is 0.978. The van der Waals surface area contributed by atoms with Crippen LogP contribution in [0.3, 0.4) is 0 Å². The van der Waals surface area contributed by atoms with Crippen molar-refractivity contribution in [2.24, 2.45) is 14.1 Å². The number of nitrogens with one attached hydrogen (secondary N) is 1. The molecule has 0 saturated heterocycles. The number of aromatic nitrogens is 2. The zero-order valence-electron chi connectivity index (χ0n) is 19.8. The lowest BCUT2D eigenvalue weighted by Crippen LogP contribution is -2.26. The Labute approximate surface area is 198 Å². The lowest BCUT2D eigenvalue weighted by atomic mass is 10.0. The Kier molecular flexibility index (Phi) is 6.44. The van der Waals surface area contributed by atoms with E-state index in [1.54, 1.807) is 38.4 Å². The van der Waals surface area contributed by atoms with E-state index in [4.69, 9.17) is 9.47 Å². The van der Waals surface area contributed by atoms with Crippen molar-refractivity contribution in [3.8, 4) is 11.5 Å². The predicted molar refractivity (Wildman–Crippen MR) is 130 cm³/mol. The van der Waals surface area contributed by atoms with Gasteiger partial charge in [-0.05, 0) is 37.1 Å². The number of ether oxygens (including phenoxy) is 2. The number of carbonyl (C=O) groups excluding carboxylic acids is 1. The number of benzene rings is 2. The van der Waals surface area contributed by atoms with E-state index < -0.39 is 21.0 Å². The minimum Gasteiger partial charge on any atom is -0.496 e. The number of carbonyl (C=O) groups is 1. The molecule has 182 valence electrons. The fourth-order valence-corrected chi connectivity index (χ4v) is 6.68. The van der Waals surface area contributed by atoms with E-state index in [2.05, 4.69) is 5.32 Å². The summed E-state index contributed by atoms with van der Waals surface area (Å²) in [4.78, 5) is 25.9. The van der Waals surface area contributed by atoms with Crippen LogP contribution >= 0.6 is 0 Å². The number of methoxy groups -OCH3 is 2. The van der Waals surface area contributed by atoms with Gasteiger partial charge in [-0.3, -0.25) is 13.9 Å². The molecule has 1 saturated carbocycles. The third-order valence-corrected chi connectivity index (χ3v) is 8.87. The molecule has 0 atom stereocenters. The summed E-state index contributed by atoms with van der Waals surface area (Å²) in [6.07, 6.45) is 3.84. The van der Waals surface area contributed by atoms with Crippen LogP contribution in [-0.4, -0.2) is 42.9 Å². The van der Waals surface area contributed by atoms with Gasteiger partial charge in [-0.25, -0.2) is 13.2 Å². The third-order valence-electron chi connectivity index (χ3n) is 6.57. The van der Waals surface area contributed by atoms with Gasteiger partial charge in [0.25, 0.3) is 5.91 Å². The molecule has 3 aromatic rings. The number of hydrogen-bond donors (Lipinski definition) is 1.